The zero-order valence-corrected chi connectivity index (χ0v) is 17.2. The third-order valence-corrected chi connectivity index (χ3v) is 6.19. The molecule has 2 N–H and O–H groups in total. The molecule has 6 nitrogen and oxygen atoms in total. The fourth-order valence-electron chi connectivity index (χ4n) is 4.16. The summed E-state index contributed by atoms with van der Waals surface area (Å²) in [6, 6.07) is 7.31. The maximum absolute atomic E-state index is 13.0. The van der Waals surface area contributed by atoms with E-state index in [0.717, 1.165) is 29.7 Å². The molecular formula is C22H31N3O3. The highest BCUT2D eigenvalue weighted by Crippen LogP contribution is 2.30. The van der Waals surface area contributed by atoms with Gasteiger partial charge < -0.3 is 10.6 Å². The lowest BCUT2D eigenvalue weighted by Crippen LogP contribution is -2.47. The molecule has 1 aliphatic heterocycles. The fraction of sp³-hybridized carbons (Fsp3) is 0.591. The van der Waals surface area contributed by atoms with Crippen LogP contribution in [0, 0.1) is 5.92 Å². The van der Waals surface area contributed by atoms with E-state index in [-0.39, 0.29) is 24.4 Å². The Bertz CT molecular complexity index is 759. The molecule has 0 spiro atoms. The predicted molar refractivity (Wildman–Crippen MR) is 108 cm³/mol. The van der Waals surface area contributed by atoms with Gasteiger partial charge in [-0.15, -0.1) is 0 Å². The van der Waals surface area contributed by atoms with Gasteiger partial charge in [-0.2, -0.15) is 0 Å². The summed E-state index contributed by atoms with van der Waals surface area (Å²) >= 11 is 0. The zero-order valence-electron chi connectivity index (χ0n) is 17.2. The number of imide groups is 1. The van der Waals surface area contributed by atoms with Crippen LogP contribution in [0.3, 0.4) is 0 Å². The summed E-state index contributed by atoms with van der Waals surface area (Å²) in [5.74, 6) is 0.145. The van der Waals surface area contributed by atoms with Gasteiger partial charge in [0.15, 0.2) is 0 Å². The van der Waals surface area contributed by atoms with Crippen molar-refractivity contribution in [2.45, 2.75) is 70.9 Å². The van der Waals surface area contributed by atoms with E-state index >= 15 is 0 Å². The van der Waals surface area contributed by atoms with Gasteiger partial charge in [-0.25, -0.2) is 4.79 Å². The first-order valence-electron chi connectivity index (χ1n) is 10.3. The molecule has 1 heterocycles. The second-order valence-electron chi connectivity index (χ2n) is 8.66. The Kier molecular flexibility index (Phi) is 5.77. The van der Waals surface area contributed by atoms with Crippen LogP contribution in [0.1, 0.15) is 70.4 Å². The van der Waals surface area contributed by atoms with Gasteiger partial charge in [0.25, 0.3) is 5.91 Å². The van der Waals surface area contributed by atoms with Crippen LogP contribution >= 0.6 is 0 Å². The minimum absolute atomic E-state index is 0.122. The number of urea groups is 1. The Morgan fingerprint density at radius 1 is 1.21 bits per heavy atom. The lowest BCUT2D eigenvalue weighted by Gasteiger charge is -2.30. The number of nitrogens with zero attached hydrogens (tertiary/aromatic N) is 1. The third kappa shape index (κ3) is 3.91. The summed E-state index contributed by atoms with van der Waals surface area (Å²) in [5.41, 5.74) is 0.742. The van der Waals surface area contributed by atoms with Gasteiger partial charge in [-0.1, -0.05) is 57.9 Å². The highest BCUT2D eigenvalue weighted by Gasteiger charge is 2.49. The number of rotatable bonds is 5. The van der Waals surface area contributed by atoms with Gasteiger partial charge in [0.05, 0.1) is 0 Å². The van der Waals surface area contributed by atoms with E-state index in [1.54, 1.807) is 6.92 Å². The van der Waals surface area contributed by atoms with E-state index in [1.165, 1.54) is 12.0 Å². The molecule has 3 atom stereocenters. The van der Waals surface area contributed by atoms with E-state index in [9.17, 15) is 14.4 Å². The van der Waals surface area contributed by atoms with Gasteiger partial charge in [-0.05, 0) is 42.7 Å². The molecule has 152 valence electrons. The Balaban J connectivity index is 1.69. The highest BCUT2D eigenvalue weighted by atomic mass is 16.2. The number of amides is 4. The lowest BCUT2D eigenvalue weighted by atomic mass is 9.86. The average molecular weight is 386 g/mol. The van der Waals surface area contributed by atoms with Crippen LogP contribution in [0.5, 0.6) is 0 Å². The van der Waals surface area contributed by atoms with Crippen molar-refractivity contribution in [3.05, 3.63) is 35.4 Å². The molecule has 1 saturated carbocycles. The first-order valence-corrected chi connectivity index (χ1v) is 10.3. The summed E-state index contributed by atoms with van der Waals surface area (Å²) < 4.78 is 0. The van der Waals surface area contributed by atoms with Gasteiger partial charge in [-0.3, -0.25) is 14.5 Å². The summed E-state index contributed by atoms with van der Waals surface area (Å²) in [5, 5.41) is 5.78. The van der Waals surface area contributed by atoms with E-state index < -0.39 is 11.6 Å². The largest absolute Gasteiger partial charge is 0.352 e. The average Bonchev–Trinajstić information content (AvgIpc) is 2.88. The number of carbonyl (C=O) groups is 3. The summed E-state index contributed by atoms with van der Waals surface area (Å²) in [4.78, 5) is 39.0. The molecule has 6 heteroatoms. The number of nitrogens with one attached hydrogen (secondary N) is 2. The molecule has 0 radical (unpaired) electrons. The van der Waals surface area contributed by atoms with Crippen LogP contribution in [-0.4, -0.2) is 35.3 Å². The Labute approximate surface area is 167 Å². The standard InChI is InChI=1S/C22H31N3O3/c1-14(2)16-9-11-17(12-10-16)22(4)20(27)25(21(28)24-22)13-19(26)23-18-8-6-5-7-15(18)3/h9-12,14-15,18H,5-8,13H2,1-4H3,(H,23,26)(H,24,28)/t15-,18+,22-/m1/s1. The van der Waals surface area contributed by atoms with Crippen molar-refractivity contribution < 1.29 is 14.4 Å². The SMILES string of the molecule is CC(C)c1ccc([C@@]2(C)NC(=O)N(CC(=O)N[C@H]3CCCC[C@H]3C)C2=O)cc1. The number of hydrogen-bond donors (Lipinski definition) is 2. The second-order valence-corrected chi connectivity index (χ2v) is 8.66. The normalized spacial score (nSPS) is 27.8. The first-order chi connectivity index (χ1) is 13.2. The van der Waals surface area contributed by atoms with Gasteiger partial charge >= 0.3 is 6.03 Å². The summed E-state index contributed by atoms with van der Waals surface area (Å²) in [6.07, 6.45) is 4.34. The monoisotopic (exact) mass is 385 g/mol. The van der Waals surface area contributed by atoms with Crippen molar-refractivity contribution in [2.24, 2.45) is 5.92 Å². The first kappa shape index (κ1) is 20.4. The van der Waals surface area contributed by atoms with Crippen LogP contribution in [0.4, 0.5) is 4.79 Å². The minimum Gasteiger partial charge on any atom is -0.352 e. The quantitative estimate of drug-likeness (QED) is 0.764. The van der Waals surface area contributed by atoms with Crippen LogP contribution in [0.2, 0.25) is 0 Å². The molecule has 1 saturated heterocycles. The summed E-state index contributed by atoms with van der Waals surface area (Å²) in [6.45, 7) is 7.79. The molecule has 1 aromatic carbocycles. The highest BCUT2D eigenvalue weighted by molar-refractivity contribution is 6.09. The molecule has 4 amide bonds. The van der Waals surface area contributed by atoms with E-state index in [0.29, 0.717) is 11.8 Å². The van der Waals surface area contributed by atoms with Gasteiger partial charge in [0, 0.05) is 6.04 Å². The minimum atomic E-state index is -1.15. The van der Waals surface area contributed by atoms with Crippen molar-refractivity contribution >= 4 is 17.8 Å². The smallest absolute Gasteiger partial charge is 0.325 e. The molecule has 1 aliphatic carbocycles. The molecule has 0 bridgehead atoms. The zero-order chi connectivity index (χ0) is 20.5. The Hall–Kier alpha value is -2.37. The van der Waals surface area contributed by atoms with Crippen LogP contribution in [0.15, 0.2) is 24.3 Å². The van der Waals surface area contributed by atoms with Crippen LogP contribution in [0.25, 0.3) is 0 Å². The predicted octanol–water partition coefficient (Wildman–Crippen LogP) is 3.27. The molecule has 2 aliphatic rings. The molecule has 3 rings (SSSR count). The van der Waals surface area contributed by atoms with Gasteiger partial charge in [0.2, 0.25) is 5.91 Å². The van der Waals surface area contributed by atoms with Crippen LogP contribution < -0.4 is 10.6 Å². The lowest BCUT2D eigenvalue weighted by molar-refractivity contribution is -0.135. The topological polar surface area (TPSA) is 78.5 Å². The molecule has 0 unspecified atom stereocenters. The molecule has 0 aromatic heterocycles. The number of carbonyl (C=O) groups excluding carboxylic acids is 3. The van der Waals surface area contributed by atoms with Crippen molar-refractivity contribution in [1.82, 2.24) is 15.5 Å². The van der Waals surface area contributed by atoms with E-state index in [1.807, 2.05) is 24.3 Å². The Morgan fingerprint density at radius 2 is 1.86 bits per heavy atom. The van der Waals surface area contributed by atoms with E-state index in [2.05, 4.69) is 31.4 Å². The molecular weight excluding hydrogens is 354 g/mol. The fourth-order valence-corrected chi connectivity index (χ4v) is 4.16. The van der Waals surface area contributed by atoms with Crippen molar-refractivity contribution in [3.63, 3.8) is 0 Å². The van der Waals surface area contributed by atoms with Crippen molar-refractivity contribution in [1.29, 1.82) is 0 Å². The maximum Gasteiger partial charge on any atom is 0.325 e. The third-order valence-electron chi connectivity index (χ3n) is 6.19. The number of benzene rings is 1. The Morgan fingerprint density at radius 3 is 2.46 bits per heavy atom. The number of hydrogen-bond acceptors (Lipinski definition) is 3. The molecule has 2 fully saturated rings. The van der Waals surface area contributed by atoms with E-state index in [4.69, 9.17) is 0 Å². The van der Waals surface area contributed by atoms with Crippen molar-refractivity contribution in [3.8, 4) is 0 Å². The van der Waals surface area contributed by atoms with Crippen LogP contribution in [-0.2, 0) is 15.1 Å². The van der Waals surface area contributed by atoms with Crippen molar-refractivity contribution in [2.75, 3.05) is 6.54 Å². The summed E-state index contributed by atoms with van der Waals surface area (Å²) in [7, 11) is 0. The maximum atomic E-state index is 13.0. The second kappa shape index (κ2) is 7.94. The molecule has 1 aromatic rings. The van der Waals surface area contributed by atoms with Gasteiger partial charge in [0.1, 0.15) is 12.1 Å². The molecule has 28 heavy (non-hydrogen) atoms.